The average molecular weight is 330 g/mol. The van der Waals surface area contributed by atoms with Gasteiger partial charge in [-0.15, -0.1) is 11.3 Å². The van der Waals surface area contributed by atoms with Crippen molar-refractivity contribution >= 4 is 44.7 Å². The highest BCUT2D eigenvalue weighted by atomic mass is 79.9. The number of carbonyl (C=O) groups is 1. The van der Waals surface area contributed by atoms with E-state index in [2.05, 4.69) is 15.9 Å². The summed E-state index contributed by atoms with van der Waals surface area (Å²) >= 11 is 11.1. The standard InChI is InChI=1S/C13H10BrClOS/c1-8-2-3-9(11(15)6-8)12(16)7-13-10(14)4-5-17-13/h2-6H,7H2,1H3. The molecule has 0 amide bonds. The van der Waals surface area contributed by atoms with Crippen LogP contribution in [-0.2, 0) is 6.42 Å². The zero-order valence-corrected chi connectivity index (χ0v) is 12.3. The molecule has 1 aromatic heterocycles. The molecular formula is C13H10BrClOS. The van der Waals surface area contributed by atoms with Crippen molar-refractivity contribution in [2.45, 2.75) is 13.3 Å². The van der Waals surface area contributed by atoms with Gasteiger partial charge >= 0.3 is 0 Å². The summed E-state index contributed by atoms with van der Waals surface area (Å²) in [5.41, 5.74) is 1.65. The number of Topliss-reactive ketones (excluding diaryl/α,β-unsaturated/α-hetero) is 1. The van der Waals surface area contributed by atoms with E-state index >= 15 is 0 Å². The molecule has 0 radical (unpaired) electrons. The molecule has 0 aliphatic heterocycles. The monoisotopic (exact) mass is 328 g/mol. The van der Waals surface area contributed by atoms with Crippen LogP contribution >= 0.6 is 38.9 Å². The van der Waals surface area contributed by atoms with Gasteiger partial charge < -0.3 is 0 Å². The van der Waals surface area contributed by atoms with E-state index in [9.17, 15) is 4.79 Å². The summed E-state index contributed by atoms with van der Waals surface area (Å²) in [4.78, 5) is 13.1. The highest BCUT2D eigenvalue weighted by molar-refractivity contribution is 9.10. The Kier molecular flexibility index (Phi) is 4.02. The zero-order valence-electron chi connectivity index (χ0n) is 9.17. The van der Waals surface area contributed by atoms with Crippen LogP contribution in [0.15, 0.2) is 34.1 Å². The Morgan fingerprint density at radius 2 is 2.18 bits per heavy atom. The molecule has 2 aromatic rings. The number of benzene rings is 1. The maximum absolute atomic E-state index is 12.1. The second-order valence-electron chi connectivity index (χ2n) is 3.77. The first-order valence-corrected chi connectivity index (χ1v) is 7.14. The minimum absolute atomic E-state index is 0.0538. The van der Waals surface area contributed by atoms with Crippen molar-refractivity contribution in [2.24, 2.45) is 0 Å². The Hall–Kier alpha value is -0.640. The van der Waals surface area contributed by atoms with Crippen LogP contribution in [0.5, 0.6) is 0 Å². The summed E-state index contributed by atoms with van der Waals surface area (Å²) in [6.45, 7) is 1.95. The summed E-state index contributed by atoms with van der Waals surface area (Å²) in [6, 6.07) is 7.46. The molecular weight excluding hydrogens is 320 g/mol. The molecule has 0 aliphatic rings. The van der Waals surface area contributed by atoms with Crippen molar-refractivity contribution < 1.29 is 4.79 Å². The first-order valence-electron chi connectivity index (χ1n) is 5.09. The quantitative estimate of drug-likeness (QED) is 0.732. The number of rotatable bonds is 3. The Labute approximate surface area is 118 Å². The van der Waals surface area contributed by atoms with Gasteiger partial charge in [0.2, 0.25) is 0 Å². The Morgan fingerprint density at radius 3 is 2.76 bits per heavy atom. The van der Waals surface area contributed by atoms with Crippen molar-refractivity contribution in [2.75, 3.05) is 0 Å². The third-order valence-electron chi connectivity index (χ3n) is 2.44. The van der Waals surface area contributed by atoms with Gasteiger partial charge in [-0.2, -0.15) is 0 Å². The molecule has 88 valence electrons. The van der Waals surface area contributed by atoms with Crippen LogP contribution < -0.4 is 0 Å². The maximum Gasteiger partial charge on any atom is 0.169 e. The fourth-order valence-electron chi connectivity index (χ4n) is 1.54. The lowest BCUT2D eigenvalue weighted by Crippen LogP contribution is -2.03. The molecule has 0 spiro atoms. The third kappa shape index (κ3) is 2.97. The van der Waals surface area contributed by atoms with Crippen LogP contribution in [0.25, 0.3) is 0 Å². The second-order valence-corrected chi connectivity index (χ2v) is 6.04. The van der Waals surface area contributed by atoms with E-state index in [1.54, 1.807) is 17.4 Å². The second kappa shape index (κ2) is 5.34. The molecule has 0 atom stereocenters. The lowest BCUT2D eigenvalue weighted by atomic mass is 10.1. The molecule has 0 aliphatic carbocycles. The van der Waals surface area contributed by atoms with Crippen molar-refractivity contribution in [3.8, 4) is 0 Å². The molecule has 0 fully saturated rings. The molecule has 0 unspecified atom stereocenters. The van der Waals surface area contributed by atoms with Gasteiger partial charge in [-0.1, -0.05) is 17.7 Å². The molecule has 1 aromatic carbocycles. The summed E-state index contributed by atoms with van der Waals surface area (Å²) in [7, 11) is 0. The minimum atomic E-state index is 0.0538. The van der Waals surface area contributed by atoms with Crippen LogP contribution in [0.1, 0.15) is 20.8 Å². The highest BCUT2D eigenvalue weighted by Gasteiger charge is 2.13. The molecule has 4 heteroatoms. The van der Waals surface area contributed by atoms with Crippen LogP contribution in [0.4, 0.5) is 0 Å². The van der Waals surface area contributed by atoms with Crippen LogP contribution in [-0.4, -0.2) is 5.78 Å². The first-order chi connectivity index (χ1) is 8.08. The van der Waals surface area contributed by atoms with Crippen LogP contribution in [0.3, 0.4) is 0 Å². The van der Waals surface area contributed by atoms with Crippen LogP contribution in [0.2, 0.25) is 5.02 Å². The molecule has 2 rings (SSSR count). The van der Waals surface area contributed by atoms with Gasteiger partial charge in [0.25, 0.3) is 0 Å². The topological polar surface area (TPSA) is 17.1 Å². The molecule has 0 bridgehead atoms. The van der Waals surface area contributed by atoms with E-state index in [0.29, 0.717) is 17.0 Å². The predicted octanol–water partition coefficient (Wildman–Crippen LogP) is 4.90. The van der Waals surface area contributed by atoms with Gasteiger partial charge in [0.05, 0.1) is 5.02 Å². The predicted molar refractivity (Wildman–Crippen MR) is 76.2 cm³/mol. The van der Waals surface area contributed by atoms with E-state index in [0.717, 1.165) is 14.9 Å². The molecule has 0 saturated carbocycles. The Bertz CT molecular complexity index is 562. The number of hydrogen-bond acceptors (Lipinski definition) is 2. The highest BCUT2D eigenvalue weighted by Crippen LogP contribution is 2.26. The van der Waals surface area contributed by atoms with Gasteiger partial charge in [-0.25, -0.2) is 0 Å². The molecule has 1 nitrogen and oxygen atoms in total. The maximum atomic E-state index is 12.1. The number of thiophene rings is 1. The van der Waals surface area contributed by atoms with Gasteiger partial charge in [-0.3, -0.25) is 4.79 Å². The lowest BCUT2D eigenvalue weighted by Gasteiger charge is -2.04. The number of carbonyl (C=O) groups excluding carboxylic acids is 1. The SMILES string of the molecule is Cc1ccc(C(=O)Cc2sccc2Br)c(Cl)c1. The number of ketones is 1. The number of aryl methyl sites for hydroxylation is 1. The fourth-order valence-corrected chi connectivity index (χ4v) is 3.37. The Balaban J connectivity index is 2.23. The smallest absolute Gasteiger partial charge is 0.169 e. The van der Waals surface area contributed by atoms with E-state index in [-0.39, 0.29) is 5.78 Å². The normalized spacial score (nSPS) is 10.5. The third-order valence-corrected chi connectivity index (χ3v) is 4.68. The fraction of sp³-hybridized carbons (Fsp3) is 0.154. The van der Waals surface area contributed by atoms with Gasteiger partial charge in [0.1, 0.15) is 0 Å². The van der Waals surface area contributed by atoms with E-state index < -0.39 is 0 Å². The minimum Gasteiger partial charge on any atom is -0.294 e. The van der Waals surface area contributed by atoms with E-state index in [1.165, 1.54) is 0 Å². The van der Waals surface area contributed by atoms with Gasteiger partial charge in [0.15, 0.2) is 5.78 Å². The largest absolute Gasteiger partial charge is 0.294 e. The Morgan fingerprint density at radius 1 is 1.41 bits per heavy atom. The van der Waals surface area contributed by atoms with Crippen molar-refractivity contribution in [1.29, 1.82) is 0 Å². The molecule has 0 saturated heterocycles. The van der Waals surface area contributed by atoms with Gasteiger partial charge in [-0.05, 0) is 52.0 Å². The average Bonchev–Trinajstić information content (AvgIpc) is 2.64. The first kappa shape index (κ1) is 12.8. The summed E-state index contributed by atoms with van der Waals surface area (Å²) < 4.78 is 0.985. The number of hydrogen-bond donors (Lipinski definition) is 0. The molecule has 0 N–H and O–H groups in total. The van der Waals surface area contributed by atoms with E-state index in [4.69, 9.17) is 11.6 Å². The van der Waals surface area contributed by atoms with Crippen molar-refractivity contribution in [3.05, 3.63) is 55.1 Å². The summed E-state index contributed by atoms with van der Waals surface area (Å²) in [5.74, 6) is 0.0538. The molecule has 17 heavy (non-hydrogen) atoms. The van der Waals surface area contributed by atoms with E-state index in [1.807, 2.05) is 30.5 Å². The summed E-state index contributed by atoms with van der Waals surface area (Å²) in [6.07, 6.45) is 0.390. The van der Waals surface area contributed by atoms with Gasteiger partial charge in [0, 0.05) is 21.3 Å². The summed E-state index contributed by atoms with van der Waals surface area (Å²) in [5, 5.41) is 2.49. The van der Waals surface area contributed by atoms with Crippen molar-refractivity contribution in [1.82, 2.24) is 0 Å². The number of halogens is 2. The zero-order chi connectivity index (χ0) is 12.4. The van der Waals surface area contributed by atoms with Crippen LogP contribution in [0, 0.1) is 6.92 Å². The lowest BCUT2D eigenvalue weighted by molar-refractivity contribution is 0.0994. The molecule has 1 heterocycles. The van der Waals surface area contributed by atoms with Crippen molar-refractivity contribution in [3.63, 3.8) is 0 Å².